The first-order chi connectivity index (χ1) is 12.0. The zero-order chi connectivity index (χ0) is 18.2. The quantitative estimate of drug-likeness (QED) is 0.561. The van der Waals surface area contributed by atoms with Crippen LogP contribution in [0, 0.1) is 0 Å². The predicted molar refractivity (Wildman–Crippen MR) is 94.3 cm³/mol. The number of aromatic carboxylic acids is 1. The molecule has 0 aliphatic carbocycles. The minimum absolute atomic E-state index is 0.242. The van der Waals surface area contributed by atoms with E-state index in [-0.39, 0.29) is 11.5 Å². The molecular weight excluding hydrogens is 322 g/mol. The van der Waals surface area contributed by atoms with Crippen LogP contribution in [0.15, 0.2) is 42.5 Å². The molecular formula is C19H21NO5. The van der Waals surface area contributed by atoms with E-state index >= 15 is 0 Å². The molecule has 0 saturated heterocycles. The second-order valence-electron chi connectivity index (χ2n) is 5.28. The molecule has 132 valence electrons. The molecule has 6 heteroatoms. The van der Waals surface area contributed by atoms with Crippen LogP contribution in [0.25, 0.3) is 0 Å². The summed E-state index contributed by atoms with van der Waals surface area (Å²) < 4.78 is 10.8. The fourth-order valence-electron chi connectivity index (χ4n) is 2.14. The third-order valence-electron chi connectivity index (χ3n) is 3.45. The van der Waals surface area contributed by atoms with Gasteiger partial charge >= 0.3 is 11.9 Å². The summed E-state index contributed by atoms with van der Waals surface area (Å²) in [7, 11) is 0. The molecule has 0 atom stereocenters. The van der Waals surface area contributed by atoms with Crippen LogP contribution in [0.4, 0.5) is 5.69 Å². The Morgan fingerprint density at radius 1 is 1.04 bits per heavy atom. The molecule has 0 amide bonds. The predicted octanol–water partition coefficient (Wildman–Crippen LogP) is 3.71. The third kappa shape index (κ3) is 5.24. The number of anilines is 1. The first kappa shape index (κ1) is 18.3. The zero-order valence-electron chi connectivity index (χ0n) is 14.2. The number of carboxylic acid groups (broad SMARTS) is 1. The molecule has 2 aromatic rings. The van der Waals surface area contributed by atoms with Gasteiger partial charge in [0.15, 0.2) is 11.5 Å². The number of carboxylic acids is 1. The highest BCUT2D eigenvalue weighted by atomic mass is 16.6. The summed E-state index contributed by atoms with van der Waals surface area (Å²) >= 11 is 0. The number of nitrogens with one attached hydrogen (secondary N) is 1. The van der Waals surface area contributed by atoms with Crippen LogP contribution in [0.2, 0.25) is 0 Å². The Bertz CT molecular complexity index is 740. The van der Waals surface area contributed by atoms with Crippen LogP contribution in [0.1, 0.15) is 36.2 Å². The molecule has 0 aromatic heterocycles. The molecule has 0 aliphatic rings. The molecule has 25 heavy (non-hydrogen) atoms. The first-order valence-electron chi connectivity index (χ1n) is 8.07. The molecule has 0 aliphatic heterocycles. The molecule has 2 rings (SSSR count). The lowest BCUT2D eigenvalue weighted by Crippen LogP contribution is -2.08. The normalized spacial score (nSPS) is 10.2. The van der Waals surface area contributed by atoms with Crippen molar-refractivity contribution in [3.8, 4) is 11.5 Å². The molecule has 0 radical (unpaired) electrons. The first-order valence-corrected chi connectivity index (χ1v) is 8.07. The van der Waals surface area contributed by atoms with Crippen molar-refractivity contribution in [2.45, 2.75) is 26.8 Å². The highest BCUT2D eigenvalue weighted by Gasteiger charge is 2.10. The summed E-state index contributed by atoms with van der Waals surface area (Å²) in [6.07, 6.45) is 0.293. The Kier molecular flexibility index (Phi) is 6.39. The van der Waals surface area contributed by atoms with Crippen molar-refractivity contribution in [2.75, 3.05) is 11.9 Å². The molecule has 0 bridgehead atoms. The van der Waals surface area contributed by atoms with Crippen molar-refractivity contribution in [3.63, 3.8) is 0 Å². The van der Waals surface area contributed by atoms with Crippen LogP contribution in [-0.2, 0) is 11.3 Å². The maximum absolute atomic E-state index is 11.5. The van der Waals surface area contributed by atoms with Gasteiger partial charge in [-0.15, -0.1) is 0 Å². The second-order valence-corrected chi connectivity index (χ2v) is 5.28. The van der Waals surface area contributed by atoms with E-state index in [1.165, 1.54) is 0 Å². The van der Waals surface area contributed by atoms with Crippen molar-refractivity contribution in [2.24, 2.45) is 0 Å². The maximum Gasteiger partial charge on any atom is 0.335 e. The van der Waals surface area contributed by atoms with Gasteiger partial charge in [0.2, 0.25) is 0 Å². The molecule has 0 heterocycles. The van der Waals surface area contributed by atoms with Crippen molar-refractivity contribution in [3.05, 3.63) is 53.6 Å². The summed E-state index contributed by atoms with van der Waals surface area (Å²) in [5, 5.41) is 12.1. The Morgan fingerprint density at radius 2 is 1.76 bits per heavy atom. The highest BCUT2D eigenvalue weighted by Crippen LogP contribution is 2.29. The van der Waals surface area contributed by atoms with E-state index in [9.17, 15) is 9.59 Å². The number of benzene rings is 2. The molecule has 0 unspecified atom stereocenters. The van der Waals surface area contributed by atoms with Crippen LogP contribution in [-0.4, -0.2) is 23.7 Å². The number of hydrogen-bond donors (Lipinski definition) is 2. The van der Waals surface area contributed by atoms with E-state index < -0.39 is 5.97 Å². The second kappa shape index (κ2) is 8.73. The highest BCUT2D eigenvalue weighted by molar-refractivity contribution is 5.88. The van der Waals surface area contributed by atoms with Gasteiger partial charge in [0, 0.05) is 18.7 Å². The van der Waals surface area contributed by atoms with E-state index in [0.717, 1.165) is 11.3 Å². The maximum atomic E-state index is 11.5. The number of rotatable bonds is 8. The average molecular weight is 343 g/mol. The fourth-order valence-corrected chi connectivity index (χ4v) is 2.14. The fraction of sp³-hybridized carbons (Fsp3) is 0.263. The van der Waals surface area contributed by atoms with Crippen molar-refractivity contribution >= 4 is 17.6 Å². The zero-order valence-corrected chi connectivity index (χ0v) is 14.2. The number of ether oxygens (including phenoxy) is 2. The topological polar surface area (TPSA) is 84.9 Å². The minimum Gasteiger partial charge on any atom is -0.490 e. The average Bonchev–Trinajstić information content (AvgIpc) is 2.62. The number of carbonyl (C=O) groups excluding carboxylic acids is 1. The molecule has 2 aromatic carbocycles. The molecule has 0 fully saturated rings. The smallest absolute Gasteiger partial charge is 0.335 e. The van der Waals surface area contributed by atoms with Crippen LogP contribution < -0.4 is 14.8 Å². The molecule has 0 saturated carbocycles. The van der Waals surface area contributed by atoms with Gasteiger partial charge in [0.1, 0.15) is 0 Å². The summed E-state index contributed by atoms with van der Waals surface area (Å²) in [5.41, 5.74) is 2.00. The lowest BCUT2D eigenvalue weighted by atomic mass is 10.1. The molecule has 0 spiro atoms. The van der Waals surface area contributed by atoms with Gasteiger partial charge < -0.3 is 19.9 Å². The third-order valence-corrected chi connectivity index (χ3v) is 3.45. The summed E-state index contributed by atoms with van der Waals surface area (Å²) in [4.78, 5) is 22.3. The number of carbonyl (C=O) groups is 2. The van der Waals surface area contributed by atoms with Gasteiger partial charge in [-0.2, -0.15) is 0 Å². The lowest BCUT2D eigenvalue weighted by molar-refractivity contribution is -0.134. The van der Waals surface area contributed by atoms with Gasteiger partial charge in [0.25, 0.3) is 0 Å². The SMILES string of the molecule is CCOc1cc(CNc2ccc(C(=O)O)cc2)ccc1OC(=O)CC. The Morgan fingerprint density at radius 3 is 2.36 bits per heavy atom. The van der Waals surface area contributed by atoms with Gasteiger partial charge in [-0.3, -0.25) is 4.79 Å². The van der Waals surface area contributed by atoms with E-state index in [2.05, 4.69) is 5.32 Å². The van der Waals surface area contributed by atoms with Crippen molar-refractivity contribution in [1.82, 2.24) is 0 Å². The van der Waals surface area contributed by atoms with E-state index in [1.807, 2.05) is 19.1 Å². The van der Waals surface area contributed by atoms with E-state index in [1.54, 1.807) is 37.3 Å². The lowest BCUT2D eigenvalue weighted by Gasteiger charge is -2.13. The largest absolute Gasteiger partial charge is 0.490 e. The number of hydrogen-bond acceptors (Lipinski definition) is 5. The minimum atomic E-state index is -0.954. The summed E-state index contributed by atoms with van der Waals surface area (Å²) in [5.74, 6) is -0.344. The van der Waals surface area contributed by atoms with Gasteiger partial charge in [-0.25, -0.2) is 4.79 Å². The molecule has 6 nitrogen and oxygen atoms in total. The Balaban J connectivity index is 2.07. The standard InChI is InChI=1S/C19H21NO5/c1-3-18(21)25-16-10-5-13(11-17(16)24-4-2)12-20-15-8-6-14(7-9-15)19(22)23/h5-11,20H,3-4,12H2,1-2H3,(H,22,23). The summed E-state index contributed by atoms with van der Waals surface area (Å²) in [6, 6.07) is 11.9. The molecule has 2 N–H and O–H groups in total. The monoisotopic (exact) mass is 343 g/mol. The van der Waals surface area contributed by atoms with Gasteiger partial charge in [0.05, 0.1) is 12.2 Å². The van der Waals surface area contributed by atoms with Crippen LogP contribution in [0.5, 0.6) is 11.5 Å². The Labute approximate surface area is 146 Å². The van der Waals surface area contributed by atoms with E-state index in [0.29, 0.717) is 31.1 Å². The van der Waals surface area contributed by atoms with Crippen molar-refractivity contribution < 1.29 is 24.2 Å². The van der Waals surface area contributed by atoms with Gasteiger partial charge in [-0.05, 0) is 48.9 Å². The van der Waals surface area contributed by atoms with Gasteiger partial charge in [-0.1, -0.05) is 13.0 Å². The summed E-state index contributed by atoms with van der Waals surface area (Å²) in [6.45, 7) is 4.58. The van der Waals surface area contributed by atoms with Crippen LogP contribution >= 0.6 is 0 Å². The number of esters is 1. The van der Waals surface area contributed by atoms with E-state index in [4.69, 9.17) is 14.6 Å². The van der Waals surface area contributed by atoms with Crippen molar-refractivity contribution in [1.29, 1.82) is 0 Å². The van der Waals surface area contributed by atoms with Crippen LogP contribution in [0.3, 0.4) is 0 Å². The Hall–Kier alpha value is -3.02.